The molecule has 4 aromatic rings. The number of amides is 1. The maximum absolute atomic E-state index is 12.9. The Morgan fingerprint density at radius 2 is 2.14 bits per heavy atom. The highest BCUT2D eigenvalue weighted by Crippen LogP contribution is 2.33. The number of fused-ring (bicyclic) bond motifs is 3. The van der Waals surface area contributed by atoms with Crippen molar-refractivity contribution >= 4 is 50.3 Å². The van der Waals surface area contributed by atoms with E-state index in [-0.39, 0.29) is 12.4 Å². The number of halogens is 1. The van der Waals surface area contributed by atoms with Crippen LogP contribution in [-0.4, -0.2) is 30.2 Å². The van der Waals surface area contributed by atoms with Gasteiger partial charge in [0.2, 0.25) is 5.91 Å². The average Bonchev–Trinajstić information content (AvgIpc) is 3.13. The predicted molar refractivity (Wildman–Crippen MR) is 108 cm³/mol. The van der Waals surface area contributed by atoms with E-state index in [4.69, 9.17) is 11.6 Å². The van der Waals surface area contributed by atoms with Gasteiger partial charge in [-0.25, -0.2) is 4.68 Å². The highest BCUT2D eigenvalue weighted by atomic mass is 35.5. The zero-order valence-electron chi connectivity index (χ0n) is 15.0. The van der Waals surface area contributed by atoms with E-state index >= 15 is 0 Å². The lowest BCUT2D eigenvalue weighted by atomic mass is 10.1. The second kappa shape index (κ2) is 6.69. The number of anilines is 1. The Morgan fingerprint density at radius 1 is 1.36 bits per heavy atom. The van der Waals surface area contributed by atoms with Crippen LogP contribution in [0.4, 0.5) is 5.69 Å². The van der Waals surface area contributed by atoms with Gasteiger partial charge in [0.05, 0.1) is 26.4 Å². The number of carbonyl (C=O) groups excluding carboxylic acids is 1. The molecular formula is C18H16ClN5O3S. The third kappa shape index (κ3) is 3.28. The number of nitrogens with one attached hydrogen (secondary N) is 1. The summed E-state index contributed by atoms with van der Waals surface area (Å²) in [7, 11) is 0. The van der Waals surface area contributed by atoms with E-state index < -0.39 is 17.1 Å². The first-order valence-electron chi connectivity index (χ1n) is 8.38. The van der Waals surface area contributed by atoms with E-state index in [0.29, 0.717) is 21.1 Å². The molecule has 0 unspecified atom stereocenters. The Bertz CT molecular complexity index is 1250. The van der Waals surface area contributed by atoms with Gasteiger partial charge in [-0.1, -0.05) is 11.6 Å². The molecule has 0 spiro atoms. The number of thiophene rings is 1. The Morgan fingerprint density at radius 3 is 2.82 bits per heavy atom. The van der Waals surface area contributed by atoms with Crippen molar-refractivity contribution in [3.05, 3.63) is 57.2 Å². The fourth-order valence-electron chi connectivity index (χ4n) is 2.96. The van der Waals surface area contributed by atoms with E-state index in [2.05, 4.69) is 15.4 Å². The molecule has 0 aromatic carbocycles. The Kier molecular flexibility index (Phi) is 4.45. The number of aliphatic hydroxyl groups is 1. The van der Waals surface area contributed by atoms with Gasteiger partial charge in [0.15, 0.2) is 5.82 Å². The summed E-state index contributed by atoms with van der Waals surface area (Å²) in [5.74, 6) is -0.189. The Hall–Kier alpha value is -2.75. The number of carbonyl (C=O) groups is 1. The predicted octanol–water partition coefficient (Wildman–Crippen LogP) is 2.63. The number of pyridine rings is 1. The van der Waals surface area contributed by atoms with Gasteiger partial charge < -0.3 is 10.4 Å². The van der Waals surface area contributed by atoms with E-state index in [9.17, 15) is 14.7 Å². The fraction of sp³-hybridized carbons (Fsp3) is 0.222. The zero-order valence-corrected chi connectivity index (χ0v) is 16.6. The van der Waals surface area contributed by atoms with Gasteiger partial charge in [-0.05, 0) is 38.1 Å². The fourth-order valence-corrected chi connectivity index (χ4v) is 4.12. The minimum Gasteiger partial charge on any atom is -0.382 e. The Balaban J connectivity index is 1.82. The summed E-state index contributed by atoms with van der Waals surface area (Å²) < 4.78 is 4.02. The van der Waals surface area contributed by atoms with Gasteiger partial charge in [-0.2, -0.15) is 5.10 Å². The summed E-state index contributed by atoms with van der Waals surface area (Å²) in [5, 5.41) is 17.6. The van der Waals surface area contributed by atoms with Crippen LogP contribution in [-0.2, 0) is 16.9 Å². The summed E-state index contributed by atoms with van der Waals surface area (Å²) in [6.45, 7) is 2.84. The SMILES string of the molecule is CC(C)(O)c1nn(CC(=O)Nc2cccnc2)c(=O)c2cc3sc(Cl)cc3n12. The largest absolute Gasteiger partial charge is 0.382 e. The molecule has 4 heterocycles. The van der Waals surface area contributed by atoms with Crippen molar-refractivity contribution in [2.75, 3.05) is 5.32 Å². The van der Waals surface area contributed by atoms with Gasteiger partial charge in [-0.15, -0.1) is 11.3 Å². The molecule has 0 saturated carbocycles. The van der Waals surface area contributed by atoms with E-state index in [1.807, 2.05) is 0 Å². The molecular weight excluding hydrogens is 402 g/mol. The second-order valence-electron chi connectivity index (χ2n) is 6.80. The maximum Gasteiger partial charge on any atom is 0.291 e. The van der Waals surface area contributed by atoms with Crippen molar-refractivity contribution in [3.63, 3.8) is 0 Å². The third-order valence-electron chi connectivity index (χ3n) is 4.13. The quantitative estimate of drug-likeness (QED) is 0.531. The average molecular weight is 418 g/mol. The monoisotopic (exact) mass is 417 g/mol. The molecule has 0 radical (unpaired) electrons. The van der Waals surface area contributed by atoms with Crippen molar-refractivity contribution in [3.8, 4) is 0 Å². The van der Waals surface area contributed by atoms with Crippen molar-refractivity contribution in [1.82, 2.24) is 19.2 Å². The minimum absolute atomic E-state index is 0.237. The minimum atomic E-state index is -1.35. The van der Waals surface area contributed by atoms with E-state index in [1.54, 1.807) is 48.7 Å². The van der Waals surface area contributed by atoms with E-state index in [1.165, 1.54) is 17.5 Å². The normalized spacial score (nSPS) is 12.0. The summed E-state index contributed by atoms with van der Waals surface area (Å²) >= 11 is 7.42. The molecule has 2 N–H and O–H groups in total. The summed E-state index contributed by atoms with van der Waals surface area (Å²) in [6, 6.07) is 6.80. The molecule has 8 nitrogen and oxygen atoms in total. The van der Waals surface area contributed by atoms with Crippen LogP contribution in [0, 0.1) is 0 Å². The maximum atomic E-state index is 12.9. The highest BCUT2D eigenvalue weighted by Gasteiger charge is 2.26. The number of rotatable bonds is 4. The standard InChI is InChI=1S/C18H16ClN5O3S/c1-18(2,27)17-22-23(9-15(25)21-10-4-3-5-20-8-10)16(26)12-6-13-11(24(12)17)7-14(19)28-13/h3-8,27H,9H2,1-2H3,(H,21,25). The first kappa shape index (κ1) is 18.6. The van der Waals surface area contributed by atoms with Crippen LogP contribution in [0.1, 0.15) is 19.7 Å². The van der Waals surface area contributed by atoms with Gasteiger partial charge in [-0.3, -0.25) is 19.0 Å². The molecule has 0 fully saturated rings. The summed E-state index contributed by atoms with van der Waals surface area (Å²) in [4.78, 5) is 29.2. The van der Waals surface area contributed by atoms with Crippen LogP contribution in [0.15, 0.2) is 41.5 Å². The molecule has 0 bridgehead atoms. The molecule has 144 valence electrons. The summed E-state index contributed by atoms with van der Waals surface area (Å²) in [5.41, 5.74) is -0.262. The molecule has 0 aliphatic rings. The topological polar surface area (TPSA) is 102 Å². The van der Waals surface area contributed by atoms with Crippen LogP contribution in [0.5, 0.6) is 0 Å². The van der Waals surface area contributed by atoms with Crippen molar-refractivity contribution in [1.29, 1.82) is 0 Å². The van der Waals surface area contributed by atoms with Crippen molar-refractivity contribution < 1.29 is 9.90 Å². The van der Waals surface area contributed by atoms with Crippen molar-refractivity contribution in [2.24, 2.45) is 0 Å². The lowest BCUT2D eigenvalue weighted by Crippen LogP contribution is -2.35. The molecule has 10 heteroatoms. The van der Waals surface area contributed by atoms with Crippen LogP contribution >= 0.6 is 22.9 Å². The molecule has 0 aliphatic carbocycles. The molecule has 0 atom stereocenters. The lowest BCUT2D eigenvalue weighted by molar-refractivity contribution is -0.117. The summed E-state index contributed by atoms with van der Waals surface area (Å²) in [6.07, 6.45) is 3.10. The number of hydrogen-bond acceptors (Lipinski definition) is 6. The Labute approximate surface area is 168 Å². The first-order valence-corrected chi connectivity index (χ1v) is 9.58. The molecule has 4 rings (SSSR count). The van der Waals surface area contributed by atoms with Crippen LogP contribution < -0.4 is 10.9 Å². The molecule has 28 heavy (non-hydrogen) atoms. The van der Waals surface area contributed by atoms with Crippen molar-refractivity contribution in [2.45, 2.75) is 26.0 Å². The van der Waals surface area contributed by atoms with Gasteiger partial charge in [0.1, 0.15) is 17.7 Å². The van der Waals surface area contributed by atoms with Gasteiger partial charge in [0.25, 0.3) is 5.56 Å². The lowest BCUT2D eigenvalue weighted by Gasteiger charge is -2.20. The molecule has 1 amide bonds. The molecule has 0 saturated heterocycles. The number of aromatic nitrogens is 4. The van der Waals surface area contributed by atoms with Gasteiger partial charge >= 0.3 is 0 Å². The van der Waals surface area contributed by atoms with Crippen LogP contribution in [0.25, 0.3) is 15.7 Å². The van der Waals surface area contributed by atoms with Crippen LogP contribution in [0.3, 0.4) is 0 Å². The smallest absolute Gasteiger partial charge is 0.291 e. The van der Waals surface area contributed by atoms with Gasteiger partial charge in [0, 0.05) is 6.20 Å². The zero-order chi connectivity index (χ0) is 20.1. The van der Waals surface area contributed by atoms with Crippen LogP contribution in [0.2, 0.25) is 4.34 Å². The molecule has 4 aromatic heterocycles. The van der Waals surface area contributed by atoms with E-state index in [0.717, 1.165) is 9.38 Å². The number of nitrogens with zero attached hydrogens (tertiary/aromatic N) is 4. The first-order chi connectivity index (χ1) is 13.2. The second-order valence-corrected chi connectivity index (χ2v) is 8.52. The number of hydrogen-bond donors (Lipinski definition) is 2. The third-order valence-corrected chi connectivity index (χ3v) is 5.33. The highest BCUT2D eigenvalue weighted by molar-refractivity contribution is 7.22. The molecule has 0 aliphatic heterocycles.